The Kier molecular flexibility index (Phi) is 14.0. The lowest BCUT2D eigenvalue weighted by Gasteiger charge is -2.19. The van der Waals surface area contributed by atoms with E-state index in [0.717, 1.165) is 25.7 Å². The minimum absolute atomic E-state index is 0.0177. The van der Waals surface area contributed by atoms with Gasteiger partial charge in [-0.3, -0.25) is 0 Å². The van der Waals surface area contributed by atoms with Crippen LogP contribution in [0.5, 0.6) is 0 Å². The number of hydrogen-bond acceptors (Lipinski definition) is 6. The molecule has 36 heavy (non-hydrogen) atoms. The van der Waals surface area contributed by atoms with Gasteiger partial charge in [-0.1, -0.05) is 108 Å². The summed E-state index contributed by atoms with van der Waals surface area (Å²) in [4.78, 5) is 27.9. The van der Waals surface area contributed by atoms with Crippen LogP contribution in [-0.2, 0) is 0 Å². The van der Waals surface area contributed by atoms with E-state index in [9.17, 15) is 9.59 Å². The predicted molar refractivity (Wildman–Crippen MR) is 142 cm³/mol. The average Bonchev–Trinajstić information content (AvgIpc) is 3.36. The van der Waals surface area contributed by atoms with Crippen molar-refractivity contribution in [2.75, 3.05) is 5.43 Å². The van der Waals surface area contributed by atoms with Crippen molar-refractivity contribution in [2.45, 2.75) is 110 Å². The third kappa shape index (κ3) is 11.6. The van der Waals surface area contributed by atoms with Crippen LogP contribution in [-0.4, -0.2) is 33.3 Å². The highest BCUT2D eigenvalue weighted by molar-refractivity contribution is 5.89. The van der Waals surface area contributed by atoms with Gasteiger partial charge in [-0.15, -0.1) is 0 Å². The minimum atomic E-state index is -1.03. The van der Waals surface area contributed by atoms with Crippen molar-refractivity contribution in [1.29, 1.82) is 0 Å². The van der Waals surface area contributed by atoms with Crippen molar-refractivity contribution < 1.29 is 19.2 Å². The summed E-state index contributed by atoms with van der Waals surface area (Å²) in [6.07, 6.45) is 16.7. The first-order valence-corrected chi connectivity index (χ1v) is 13.5. The number of carboxylic acids is 1. The summed E-state index contributed by atoms with van der Waals surface area (Å²) in [6, 6.07) is 6.06. The van der Waals surface area contributed by atoms with E-state index in [0.29, 0.717) is 5.56 Å². The number of nitrogens with zero attached hydrogens (tertiary/aromatic N) is 2. The molecule has 2 amide bonds. The Bertz CT molecular complexity index is 902. The molecule has 200 valence electrons. The van der Waals surface area contributed by atoms with Gasteiger partial charge in [0.2, 0.25) is 5.82 Å². The van der Waals surface area contributed by atoms with Gasteiger partial charge in [-0.25, -0.2) is 20.4 Å². The van der Waals surface area contributed by atoms with E-state index in [4.69, 9.17) is 9.63 Å². The van der Waals surface area contributed by atoms with Gasteiger partial charge in [-0.05, 0) is 25.0 Å². The summed E-state index contributed by atoms with van der Waals surface area (Å²) in [6.45, 7) is 4.44. The van der Waals surface area contributed by atoms with Crippen LogP contribution >= 0.6 is 0 Å². The Balaban J connectivity index is 1.80. The monoisotopic (exact) mass is 501 g/mol. The fourth-order valence-electron chi connectivity index (χ4n) is 4.15. The summed E-state index contributed by atoms with van der Waals surface area (Å²) in [5.41, 5.74) is 5.85. The third-order valence-electron chi connectivity index (χ3n) is 6.22. The van der Waals surface area contributed by atoms with E-state index >= 15 is 0 Å². The first-order valence-electron chi connectivity index (χ1n) is 13.5. The maximum absolute atomic E-state index is 12.5. The SMILES string of the molecule is CCCCCCCCCC(CCCCCCC)NC(=O)NNc1nc(-c2cccc(C(=O)O)c2)no1. The Labute approximate surface area is 214 Å². The van der Waals surface area contributed by atoms with Gasteiger partial charge in [0.15, 0.2) is 0 Å². The number of benzene rings is 1. The van der Waals surface area contributed by atoms with Crippen LogP contribution in [0.15, 0.2) is 28.8 Å². The molecular weight excluding hydrogens is 458 g/mol. The van der Waals surface area contributed by atoms with Crippen molar-refractivity contribution in [3.8, 4) is 11.4 Å². The number of unbranched alkanes of at least 4 members (excludes halogenated alkanes) is 10. The number of aromatic carboxylic acids is 1. The zero-order valence-corrected chi connectivity index (χ0v) is 21.9. The van der Waals surface area contributed by atoms with Gasteiger partial charge in [0.05, 0.1) is 5.56 Å². The summed E-state index contributed by atoms with van der Waals surface area (Å²) < 4.78 is 5.13. The van der Waals surface area contributed by atoms with Crippen LogP contribution in [0.1, 0.15) is 114 Å². The number of carboxylic acid groups (broad SMARTS) is 1. The molecule has 9 nitrogen and oxygen atoms in total. The van der Waals surface area contributed by atoms with Crippen LogP contribution in [0.3, 0.4) is 0 Å². The number of rotatable bonds is 19. The molecule has 1 aromatic heterocycles. The van der Waals surface area contributed by atoms with Gasteiger partial charge < -0.3 is 14.9 Å². The van der Waals surface area contributed by atoms with Crippen LogP contribution < -0.4 is 16.2 Å². The van der Waals surface area contributed by atoms with Gasteiger partial charge in [0, 0.05) is 11.6 Å². The second-order valence-corrected chi connectivity index (χ2v) is 9.34. The highest BCUT2D eigenvalue weighted by Crippen LogP contribution is 2.19. The van der Waals surface area contributed by atoms with E-state index in [2.05, 4.69) is 40.2 Å². The Hall–Kier alpha value is -3.10. The van der Waals surface area contributed by atoms with Crippen molar-refractivity contribution in [1.82, 2.24) is 20.9 Å². The topological polar surface area (TPSA) is 129 Å². The van der Waals surface area contributed by atoms with E-state index in [1.807, 2.05) is 0 Å². The standard InChI is InChI=1S/C27H43N5O4/c1-3-5-7-9-10-12-14-19-23(18-13-11-8-6-4-2)28-26(35)30-31-27-29-24(32-36-27)21-16-15-17-22(20-21)25(33)34/h15-17,20,23H,3-14,18-19H2,1-2H3,(H,33,34)(H2,28,30,35)(H,29,31,32). The number of aromatic nitrogens is 2. The highest BCUT2D eigenvalue weighted by Gasteiger charge is 2.14. The molecule has 0 bridgehead atoms. The van der Waals surface area contributed by atoms with E-state index in [-0.39, 0.29) is 29.5 Å². The Morgan fingerprint density at radius 1 is 0.917 bits per heavy atom. The molecule has 1 atom stereocenters. The molecule has 1 heterocycles. The van der Waals surface area contributed by atoms with E-state index in [1.165, 1.54) is 76.3 Å². The fraction of sp³-hybridized carbons (Fsp3) is 0.630. The van der Waals surface area contributed by atoms with Gasteiger partial charge >= 0.3 is 18.0 Å². The Morgan fingerprint density at radius 3 is 2.14 bits per heavy atom. The van der Waals surface area contributed by atoms with Gasteiger partial charge in [-0.2, -0.15) is 4.98 Å². The smallest absolute Gasteiger partial charge is 0.340 e. The molecule has 0 saturated heterocycles. The minimum Gasteiger partial charge on any atom is -0.478 e. The van der Waals surface area contributed by atoms with Crippen molar-refractivity contribution in [3.05, 3.63) is 29.8 Å². The molecule has 0 aliphatic carbocycles. The molecule has 0 saturated carbocycles. The van der Waals surface area contributed by atoms with Crippen LogP contribution in [0, 0.1) is 0 Å². The van der Waals surface area contributed by atoms with Crippen molar-refractivity contribution in [3.63, 3.8) is 0 Å². The second-order valence-electron chi connectivity index (χ2n) is 9.34. The number of urea groups is 1. The third-order valence-corrected chi connectivity index (χ3v) is 6.22. The number of hydrogen-bond donors (Lipinski definition) is 4. The quantitative estimate of drug-likeness (QED) is 0.121. The largest absolute Gasteiger partial charge is 0.478 e. The number of anilines is 1. The lowest BCUT2D eigenvalue weighted by atomic mass is 10.00. The summed E-state index contributed by atoms with van der Waals surface area (Å²) >= 11 is 0. The lowest BCUT2D eigenvalue weighted by molar-refractivity contribution is 0.0697. The first kappa shape index (κ1) is 29.1. The zero-order valence-electron chi connectivity index (χ0n) is 21.9. The summed E-state index contributed by atoms with van der Waals surface area (Å²) in [5.74, 6) is -0.805. The fourth-order valence-corrected chi connectivity index (χ4v) is 4.15. The normalized spacial score (nSPS) is 11.7. The molecule has 0 spiro atoms. The average molecular weight is 502 g/mol. The number of carbonyl (C=O) groups excluding carboxylic acids is 1. The van der Waals surface area contributed by atoms with E-state index < -0.39 is 5.97 Å². The molecule has 0 aliphatic rings. The molecule has 0 fully saturated rings. The van der Waals surface area contributed by atoms with Crippen LogP contribution in [0.4, 0.5) is 10.8 Å². The molecule has 2 aromatic rings. The maximum atomic E-state index is 12.5. The van der Waals surface area contributed by atoms with Crippen molar-refractivity contribution >= 4 is 18.0 Å². The molecule has 0 aliphatic heterocycles. The Morgan fingerprint density at radius 2 is 1.53 bits per heavy atom. The molecular formula is C27H43N5O4. The molecule has 0 radical (unpaired) electrons. The number of hydrazine groups is 1. The first-order chi connectivity index (χ1) is 17.5. The van der Waals surface area contributed by atoms with Crippen molar-refractivity contribution in [2.24, 2.45) is 0 Å². The summed E-state index contributed by atoms with van der Waals surface area (Å²) in [7, 11) is 0. The maximum Gasteiger partial charge on any atom is 0.340 e. The predicted octanol–water partition coefficient (Wildman–Crippen LogP) is 6.93. The van der Waals surface area contributed by atoms with Gasteiger partial charge in [0.25, 0.3) is 0 Å². The van der Waals surface area contributed by atoms with Gasteiger partial charge in [0.1, 0.15) is 0 Å². The molecule has 1 unspecified atom stereocenters. The molecule has 2 rings (SSSR count). The number of amides is 2. The highest BCUT2D eigenvalue weighted by atomic mass is 16.5. The molecule has 9 heteroatoms. The van der Waals surface area contributed by atoms with Crippen LogP contribution in [0.25, 0.3) is 11.4 Å². The van der Waals surface area contributed by atoms with E-state index in [1.54, 1.807) is 12.1 Å². The summed E-state index contributed by atoms with van der Waals surface area (Å²) in [5, 5.41) is 16.1. The number of nitrogens with one attached hydrogen (secondary N) is 3. The molecule has 1 aromatic carbocycles. The number of carbonyl (C=O) groups is 2. The zero-order chi connectivity index (χ0) is 26.0. The van der Waals surface area contributed by atoms with Crippen LogP contribution in [0.2, 0.25) is 0 Å². The lowest BCUT2D eigenvalue weighted by Crippen LogP contribution is -2.44. The second kappa shape index (κ2) is 17.3. The molecule has 4 N–H and O–H groups in total.